The Bertz CT molecular complexity index is 1290. The molecule has 0 radical (unpaired) electrons. The van der Waals surface area contributed by atoms with Crippen LogP contribution in [0.3, 0.4) is 0 Å². The van der Waals surface area contributed by atoms with Gasteiger partial charge in [-0.25, -0.2) is 9.07 Å². The maximum atomic E-state index is 13.4. The predicted molar refractivity (Wildman–Crippen MR) is 117 cm³/mol. The molecule has 2 aromatic carbocycles. The van der Waals surface area contributed by atoms with E-state index in [0.717, 1.165) is 12.1 Å². The van der Waals surface area contributed by atoms with Crippen LogP contribution in [0.15, 0.2) is 48.5 Å². The van der Waals surface area contributed by atoms with Gasteiger partial charge in [0.2, 0.25) is 5.78 Å². The molecule has 3 heterocycles. The van der Waals surface area contributed by atoms with E-state index in [1.807, 2.05) is 0 Å². The van der Waals surface area contributed by atoms with Crippen LogP contribution in [0.25, 0.3) is 11.3 Å². The highest BCUT2D eigenvalue weighted by molar-refractivity contribution is 6.11. The molecule has 0 spiro atoms. The number of benzene rings is 2. The number of nitrogens with zero attached hydrogens (tertiary/aromatic N) is 4. The maximum absolute atomic E-state index is 13.4. The maximum Gasteiger partial charge on any atom is 0.278 e. The van der Waals surface area contributed by atoms with Crippen molar-refractivity contribution in [3.8, 4) is 11.3 Å². The second-order valence-electron chi connectivity index (χ2n) is 8.71. The summed E-state index contributed by atoms with van der Waals surface area (Å²) in [5.74, 6) is -2.03. The van der Waals surface area contributed by atoms with Gasteiger partial charge in [0.1, 0.15) is 29.8 Å². The Hall–Kier alpha value is -3.58. The number of hydrogen-bond donors (Lipinski definition) is 1. The van der Waals surface area contributed by atoms with Crippen molar-refractivity contribution in [3.05, 3.63) is 75.7 Å². The molecule has 3 aromatic rings. The number of aromatic nitrogens is 3. The predicted octanol–water partition coefficient (Wildman–Crippen LogP) is 2.46. The van der Waals surface area contributed by atoms with Crippen molar-refractivity contribution in [2.75, 3.05) is 0 Å². The van der Waals surface area contributed by atoms with Crippen molar-refractivity contribution >= 4 is 11.5 Å². The smallest absolute Gasteiger partial charge is 0.278 e. The fourth-order valence-electron chi connectivity index (χ4n) is 4.31. The molecule has 11 nitrogen and oxygen atoms in total. The third kappa shape index (κ3) is 4.21. The number of ketones is 1. The van der Waals surface area contributed by atoms with Crippen LogP contribution in [0, 0.1) is 15.9 Å². The zero-order valence-corrected chi connectivity index (χ0v) is 18.7. The van der Waals surface area contributed by atoms with Gasteiger partial charge in [0.25, 0.3) is 5.69 Å². The number of ether oxygens (including phenoxy) is 3. The van der Waals surface area contributed by atoms with Gasteiger partial charge >= 0.3 is 0 Å². The van der Waals surface area contributed by atoms with Crippen molar-refractivity contribution in [2.24, 2.45) is 0 Å². The molecule has 182 valence electrons. The summed E-state index contributed by atoms with van der Waals surface area (Å²) in [6.07, 6.45) is -3.46. The van der Waals surface area contributed by atoms with Crippen LogP contribution in [0.5, 0.6) is 0 Å². The number of nitro groups is 1. The first-order valence-electron chi connectivity index (χ1n) is 10.8. The van der Waals surface area contributed by atoms with Crippen molar-refractivity contribution in [1.29, 1.82) is 0 Å². The molecule has 1 N–H and O–H groups in total. The molecule has 0 saturated carbocycles. The number of carbonyl (C=O) groups is 1. The van der Waals surface area contributed by atoms with E-state index in [4.69, 9.17) is 14.2 Å². The lowest BCUT2D eigenvalue weighted by Crippen LogP contribution is -2.36. The molecule has 2 fully saturated rings. The van der Waals surface area contributed by atoms with Gasteiger partial charge in [-0.2, -0.15) is 0 Å². The number of carbonyl (C=O) groups excluding carboxylic acids is 1. The molecular weight excluding hydrogens is 463 g/mol. The van der Waals surface area contributed by atoms with Gasteiger partial charge < -0.3 is 19.3 Å². The molecular formula is C23H21FN4O7. The molecule has 2 aliphatic rings. The highest BCUT2D eigenvalue weighted by atomic mass is 19.1. The van der Waals surface area contributed by atoms with Crippen molar-refractivity contribution in [1.82, 2.24) is 15.0 Å². The van der Waals surface area contributed by atoms with E-state index in [2.05, 4.69) is 10.3 Å². The summed E-state index contributed by atoms with van der Waals surface area (Å²) < 4.78 is 31.9. The first kappa shape index (κ1) is 23.2. The standard InChI is InChI=1S/C23H21FN4O7/c1-23(2)34-21-20(30)16(33-22(21)35-23)11-27-18(14-5-3-4-6-15(14)28(31)32)17(25-26-27)19(29)12-7-9-13(24)10-8-12/h3-10,16,20-22,30H,11H2,1-2H3/t16-,20+,21-,22-/m1/s1. The normalized spacial score (nSPS) is 24.9. The number of halogens is 1. The first-order chi connectivity index (χ1) is 16.6. The molecule has 0 unspecified atom stereocenters. The lowest BCUT2D eigenvalue weighted by molar-refractivity contribution is -0.384. The summed E-state index contributed by atoms with van der Waals surface area (Å²) in [6, 6.07) is 10.7. The minimum absolute atomic E-state index is 0.0710. The minimum atomic E-state index is -1.08. The number of aliphatic hydroxyl groups excluding tert-OH is 1. The number of aliphatic hydroxyl groups is 1. The van der Waals surface area contributed by atoms with Crippen molar-refractivity contribution in [3.63, 3.8) is 0 Å². The number of nitro benzene ring substituents is 1. The second kappa shape index (κ2) is 8.57. The minimum Gasteiger partial charge on any atom is -0.387 e. The number of rotatable bonds is 6. The number of hydrogen-bond acceptors (Lipinski definition) is 9. The molecule has 2 aliphatic heterocycles. The third-order valence-electron chi connectivity index (χ3n) is 5.88. The summed E-state index contributed by atoms with van der Waals surface area (Å²) in [5.41, 5.74) is -0.112. The Balaban J connectivity index is 1.55. The van der Waals surface area contributed by atoms with Gasteiger partial charge in [0, 0.05) is 11.6 Å². The summed E-state index contributed by atoms with van der Waals surface area (Å²) >= 11 is 0. The van der Waals surface area contributed by atoms with E-state index in [0.29, 0.717) is 0 Å². The molecule has 5 rings (SSSR count). The van der Waals surface area contributed by atoms with Gasteiger partial charge in [-0.1, -0.05) is 17.3 Å². The molecule has 4 atom stereocenters. The highest BCUT2D eigenvalue weighted by Crippen LogP contribution is 2.39. The van der Waals surface area contributed by atoms with Crippen LogP contribution in [0.4, 0.5) is 10.1 Å². The molecule has 0 amide bonds. The largest absolute Gasteiger partial charge is 0.387 e. The van der Waals surface area contributed by atoms with Crippen LogP contribution in [-0.2, 0) is 20.8 Å². The zero-order valence-electron chi connectivity index (χ0n) is 18.7. The average Bonchev–Trinajstić information content (AvgIpc) is 3.45. The Labute approximate surface area is 198 Å². The molecule has 0 aliphatic carbocycles. The van der Waals surface area contributed by atoms with Crippen LogP contribution in [0.1, 0.15) is 29.9 Å². The Morgan fingerprint density at radius 1 is 1.20 bits per heavy atom. The molecule has 12 heteroatoms. The summed E-state index contributed by atoms with van der Waals surface area (Å²) in [4.78, 5) is 24.4. The lowest BCUT2D eigenvalue weighted by atomic mass is 10.0. The van der Waals surface area contributed by atoms with E-state index < -0.39 is 46.9 Å². The first-order valence-corrected chi connectivity index (χ1v) is 10.8. The fraction of sp³-hybridized carbons (Fsp3) is 0.348. The summed E-state index contributed by atoms with van der Waals surface area (Å²) in [5, 5.41) is 30.6. The van der Waals surface area contributed by atoms with Gasteiger partial charge in [0.05, 0.1) is 17.0 Å². The van der Waals surface area contributed by atoms with Gasteiger partial charge in [-0.3, -0.25) is 14.9 Å². The number of para-hydroxylation sites is 1. The third-order valence-corrected chi connectivity index (χ3v) is 5.88. The summed E-state index contributed by atoms with van der Waals surface area (Å²) in [7, 11) is 0. The van der Waals surface area contributed by atoms with Crippen LogP contribution >= 0.6 is 0 Å². The van der Waals surface area contributed by atoms with E-state index in [9.17, 15) is 24.4 Å². The zero-order chi connectivity index (χ0) is 24.9. The Morgan fingerprint density at radius 2 is 1.91 bits per heavy atom. The van der Waals surface area contributed by atoms with Crippen molar-refractivity contribution in [2.45, 2.75) is 50.8 Å². The second-order valence-corrected chi connectivity index (χ2v) is 8.71. The fourth-order valence-corrected chi connectivity index (χ4v) is 4.31. The van der Waals surface area contributed by atoms with Crippen LogP contribution in [0.2, 0.25) is 0 Å². The summed E-state index contributed by atoms with van der Waals surface area (Å²) in [6.45, 7) is 3.31. The average molecular weight is 484 g/mol. The van der Waals surface area contributed by atoms with Crippen molar-refractivity contribution < 1.29 is 33.4 Å². The quantitative estimate of drug-likeness (QED) is 0.317. The monoisotopic (exact) mass is 484 g/mol. The lowest BCUT2D eigenvalue weighted by Gasteiger charge is -2.23. The molecule has 0 bridgehead atoms. The molecule has 1 aromatic heterocycles. The number of fused-ring (bicyclic) bond motifs is 1. The van der Waals surface area contributed by atoms with E-state index in [-0.39, 0.29) is 34.7 Å². The van der Waals surface area contributed by atoms with E-state index in [1.165, 1.54) is 35.0 Å². The van der Waals surface area contributed by atoms with Crippen LogP contribution in [-0.4, -0.2) is 61.2 Å². The van der Waals surface area contributed by atoms with Gasteiger partial charge in [0.15, 0.2) is 17.8 Å². The SMILES string of the molecule is CC1(C)O[C@H]2O[C@H](Cn3nnc(C(=O)c4ccc(F)cc4)c3-c3ccccc3[N+](=O)[O-])[C@H](O)[C@H]2O1. The van der Waals surface area contributed by atoms with E-state index in [1.54, 1.807) is 19.9 Å². The molecule has 2 saturated heterocycles. The van der Waals surface area contributed by atoms with Gasteiger partial charge in [-0.05, 0) is 44.2 Å². The van der Waals surface area contributed by atoms with E-state index >= 15 is 0 Å². The van der Waals surface area contributed by atoms with Crippen LogP contribution < -0.4 is 0 Å². The topological polar surface area (TPSA) is 139 Å². The Morgan fingerprint density at radius 3 is 2.60 bits per heavy atom. The molecule has 35 heavy (non-hydrogen) atoms. The van der Waals surface area contributed by atoms with Gasteiger partial charge in [-0.15, -0.1) is 5.10 Å². The Kier molecular flexibility index (Phi) is 5.68. The highest BCUT2D eigenvalue weighted by Gasteiger charge is 2.54.